The molecule has 1 saturated heterocycles. The van der Waals surface area contributed by atoms with Crippen LogP contribution >= 0.6 is 0 Å². The molecule has 1 N–H and O–H groups in total. The van der Waals surface area contributed by atoms with Crippen LogP contribution < -0.4 is 19.7 Å². The summed E-state index contributed by atoms with van der Waals surface area (Å²) in [5.41, 5.74) is 4.03. The molecule has 1 aliphatic rings. The van der Waals surface area contributed by atoms with Gasteiger partial charge in [-0.2, -0.15) is 0 Å². The summed E-state index contributed by atoms with van der Waals surface area (Å²) >= 11 is 0. The molecule has 0 unspecified atom stereocenters. The summed E-state index contributed by atoms with van der Waals surface area (Å²) in [7, 11) is 1.67. The van der Waals surface area contributed by atoms with Gasteiger partial charge in [-0.25, -0.2) is 14.8 Å². The second kappa shape index (κ2) is 11.1. The molecule has 35 heavy (non-hydrogen) atoms. The Hall–Kier alpha value is -3.81. The number of ether oxygens (including phenoxy) is 2. The predicted octanol–water partition coefficient (Wildman–Crippen LogP) is 4.45. The Labute approximate surface area is 206 Å². The molecule has 0 bridgehead atoms. The minimum atomic E-state index is -0.0951. The molecular formula is C27H33N5O3. The van der Waals surface area contributed by atoms with Crippen molar-refractivity contribution in [2.45, 2.75) is 27.2 Å². The first-order valence-electron chi connectivity index (χ1n) is 12.0. The van der Waals surface area contributed by atoms with Gasteiger partial charge in [-0.05, 0) is 62.7 Å². The molecule has 0 radical (unpaired) electrons. The number of methoxy groups -OCH3 is 1. The van der Waals surface area contributed by atoms with E-state index in [2.05, 4.69) is 27.3 Å². The van der Waals surface area contributed by atoms with Gasteiger partial charge in [-0.3, -0.25) is 0 Å². The molecule has 4 rings (SSSR count). The van der Waals surface area contributed by atoms with Crippen LogP contribution in [0.15, 0.2) is 48.5 Å². The van der Waals surface area contributed by atoms with Crippen molar-refractivity contribution in [1.29, 1.82) is 0 Å². The summed E-state index contributed by atoms with van der Waals surface area (Å²) in [6.45, 7) is 9.18. The molecule has 2 aromatic carbocycles. The Balaban J connectivity index is 1.42. The molecule has 8 nitrogen and oxygen atoms in total. The molecular weight excluding hydrogens is 442 g/mol. The van der Waals surface area contributed by atoms with Crippen LogP contribution in [0.25, 0.3) is 0 Å². The lowest BCUT2D eigenvalue weighted by Crippen LogP contribution is -2.50. The molecule has 1 aromatic heterocycles. The molecule has 0 aliphatic carbocycles. The number of anilines is 2. The molecule has 2 amide bonds. The van der Waals surface area contributed by atoms with Crippen molar-refractivity contribution in [2.24, 2.45) is 0 Å². The highest BCUT2D eigenvalue weighted by molar-refractivity contribution is 5.89. The highest BCUT2D eigenvalue weighted by Gasteiger charge is 2.25. The fourth-order valence-electron chi connectivity index (χ4n) is 4.26. The van der Waals surface area contributed by atoms with Crippen LogP contribution in [-0.2, 0) is 6.42 Å². The number of nitrogens with one attached hydrogen (secondary N) is 1. The van der Waals surface area contributed by atoms with Gasteiger partial charge in [0.15, 0.2) is 0 Å². The van der Waals surface area contributed by atoms with Gasteiger partial charge in [0.05, 0.1) is 13.7 Å². The van der Waals surface area contributed by atoms with Crippen LogP contribution in [0.3, 0.4) is 0 Å². The summed E-state index contributed by atoms with van der Waals surface area (Å²) in [4.78, 5) is 26.4. The summed E-state index contributed by atoms with van der Waals surface area (Å²) < 4.78 is 10.7. The summed E-state index contributed by atoms with van der Waals surface area (Å²) in [5.74, 6) is 3.34. The molecule has 0 spiro atoms. The van der Waals surface area contributed by atoms with E-state index in [9.17, 15) is 4.79 Å². The number of nitrogens with zero attached hydrogens (tertiary/aromatic N) is 4. The number of aromatic nitrogens is 2. The van der Waals surface area contributed by atoms with Crippen molar-refractivity contribution >= 4 is 17.5 Å². The zero-order valence-corrected chi connectivity index (χ0v) is 20.9. The van der Waals surface area contributed by atoms with Crippen LogP contribution in [-0.4, -0.2) is 60.8 Å². The van der Waals surface area contributed by atoms with Crippen LogP contribution in [0.4, 0.5) is 16.3 Å². The van der Waals surface area contributed by atoms with Gasteiger partial charge in [-0.15, -0.1) is 0 Å². The third-order valence-corrected chi connectivity index (χ3v) is 6.13. The zero-order chi connectivity index (χ0) is 24.8. The number of hydrogen-bond acceptors (Lipinski definition) is 6. The average molecular weight is 476 g/mol. The maximum absolute atomic E-state index is 12.8. The fraction of sp³-hybridized carbons (Fsp3) is 0.370. The van der Waals surface area contributed by atoms with Gasteiger partial charge in [0.2, 0.25) is 0 Å². The van der Waals surface area contributed by atoms with E-state index in [0.717, 1.165) is 46.5 Å². The van der Waals surface area contributed by atoms with Crippen molar-refractivity contribution in [1.82, 2.24) is 14.9 Å². The Bertz CT molecular complexity index is 1140. The third kappa shape index (κ3) is 6.01. The highest BCUT2D eigenvalue weighted by atomic mass is 16.5. The SMILES string of the molecule is CCOc1ccc(NC(=O)N2CCN(c3nc(C)nc(C)c3Cc3ccc(OC)cc3)CC2)cc1. The lowest BCUT2D eigenvalue weighted by atomic mass is 10.0. The fourth-order valence-corrected chi connectivity index (χ4v) is 4.26. The second-order valence-electron chi connectivity index (χ2n) is 8.54. The van der Waals surface area contributed by atoms with E-state index in [4.69, 9.17) is 14.5 Å². The minimum Gasteiger partial charge on any atom is -0.497 e. The van der Waals surface area contributed by atoms with Gasteiger partial charge in [-0.1, -0.05) is 12.1 Å². The van der Waals surface area contributed by atoms with E-state index in [1.54, 1.807) is 7.11 Å². The smallest absolute Gasteiger partial charge is 0.321 e. The Kier molecular flexibility index (Phi) is 7.70. The number of carbonyl (C=O) groups excluding carboxylic acids is 1. The first-order valence-corrected chi connectivity index (χ1v) is 12.0. The zero-order valence-electron chi connectivity index (χ0n) is 20.9. The monoisotopic (exact) mass is 475 g/mol. The quantitative estimate of drug-likeness (QED) is 0.544. The van der Waals surface area contributed by atoms with Crippen LogP contribution in [0, 0.1) is 13.8 Å². The maximum atomic E-state index is 12.8. The summed E-state index contributed by atoms with van der Waals surface area (Å²) in [5, 5.41) is 2.98. The number of aryl methyl sites for hydroxylation is 2. The standard InChI is InChI=1S/C27H33N5O3/c1-5-35-24-12-8-22(9-13-24)30-27(33)32-16-14-31(15-17-32)26-25(19(2)28-20(3)29-26)18-21-6-10-23(34-4)11-7-21/h6-13H,5,14-18H2,1-4H3,(H,30,33). The van der Waals surface area contributed by atoms with Gasteiger partial charge >= 0.3 is 6.03 Å². The van der Waals surface area contributed by atoms with E-state index in [-0.39, 0.29) is 6.03 Å². The molecule has 184 valence electrons. The Morgan fingerprint density at radius 2 is 1.60 bits per heavy atom. The Morgan fingerprint density at radius 3 is 2.23 bits per heavy atom. The largest absolute Gasteiger partial charge is 0.497 e. The average Bonchev–Trinajstić information content (AvgIpc) is 2.87. The first-order chi connectivity index (χ1) is 17.0. The van der Waals surface area contributed by atoms with Crippen molar-refractivity contribution in [2.75, 3.05) is 50.1 Å². The van der Waals surface area contributed by atoms with Crippen LogP contribution in [0.2, 0.25) is 0 Å². The molecule has 0 atom stereocenters. The predicted molar refractivity (Wildman–Crippen MR) is 138 cm³/mol. The summed E-state index contributed by atoms with van der Waals surface area (Å²) in [6, 6.07) is 15.4. The molecule has 3 aromatic rings. The maximum Gasteiger partial charge on any atom is 0.321 e. The van der Waals surface area contributed by atoms with Crippen molar-refractivity contribution < 1.29 is 14.3 Å². The normalized spacial score (nSPS) is 13.5. The highest BCUT2D eigenvalue weighted by Crippen LogP contribution is 2.26. The lowest BCUT2D eigenvalue weighted by Gasteiger charge is -2.36. The van der Waals surface area contributed by atoms with E-state index >= 15 is 0 Å². The Morgan fingerprint density at radius 1 is 0.943 bits per heavy atom. The third-order valence-electron chi connectivity index (χ3n) is 6.13. The minimum absolute atomic E-state index is 0.0951. The van der Waals surface area contributed by atoms with Gasteiger partial charge in [0.25, 0.3) is 0 Å². The van der Waals surface area contributed by atoms with Crippen molar-refractivity contribution in [3.8, 4) is 11.5 Å². The van der Waals surface area contributed by atoms with E-state index in [1.165, 1.54) is 5.56 Å². The second-order valence-corrected chi connectivity index (χ2v) is 8.54. The number of amides is 2. The number of carbonyl (C=O) groups is 1. The molecule has 0 saturated carbocycles. The van der Waals surface area contributed by atoms with Crippen LogP contribution in [0.1, 0.15) is 29.6 Å². The van der Waals surface area contributed by atoms with Crippen molar-refractivity contribution in [3.63, 3.8) is 0 Å². The number of hydrogen-bond donors (Lipinski definition) is 1. The number of piperazine rings is 1. The molecule has 8 heteroatoms. The van der Waals surface area contributed by atoms with Crippen LogP contribution in [0.5, 0.6) is 11.5 Å². The molecule has 2 heterocycles. The van der Waals surface area contributed by atoms with E-state index < -0.39 is 0 Å². The van der Waals surface area contributed by atoms with Gasteiger partial charge in [0, 0.05) is 49.5 Å². The van der Waals surface area contributed by atoms with Crippen molar-refractivity contribution in [3.05, 3.63) is 71.2 Å². The molecule has 1 fully saturated rings. The van der Waals surface area contributed by atoms with E-state index in [1.807, 2.05) is 62.1 Å². The molecule has 1 aliphatic heterocycles. The first kappa shape index (κ1) is 24.3. The number of rotatable bonds is 7. The van der Waals surface area contributed by atoms with Gasteiger partial charge < -0.3 is 24.6 Å². The summed E-state index contributed by atoms with van der Waals surface area (Å²) in [6.07, 6.45) is 0.740. The number of benzene rings is 2. The topological polar surface area (TPSA) is 79.8 Å². The van der Waals surface area contributed by atoms with Gasteiger partial charge in [0.1, 0.15) is 23.1 Å². The van der Waals surface area contributed by atoms with E-state index in [0.29, 0.717) is 32.8 Å². The lowest BCUT2D eigenvalue weighted by molar-refractivity contribution is 0.208. The number of urea groups is 1.